The zero-order valence-corrected chi connectivity index (χ0v) is 11.5. The fraction of sp³-hybridized carbons (Fsp3) is 0.400. The molecule has 1 aliphatic carbocycles. The van der Waals surface area contributed by atoms with Crippen LogP contribution in [0.15, 0.2) is 35.7 Å². The molecule has 3 rings (SSSR count). The van der Waals surface area contributed by atoms with Crippen LogP contribution < -0.4 is 5.32 Å². The van der Waals surface area contributed by atoms with E-state index in [-0.39, 0.29) is 5.41 Å². The molecule has 1 heterocycles. The number of anilines is 1. The topological polar surface area (TPSA) is 24.9 Å². The van der Waals surface area contributed by atoms with Gasteiger partial charge >= 0.3 is 0 Å². The van der Waals surface area contributed by atoms with E-state index in [1.165, 1.54) is 36.9 Å². The molecule has 0 bridgehead atoms. The minimum absolute atomic E-state index is 0.160. The largest absolute Gasteiger partial charge is 0.365 e. The number of benzene rings is 1. The summed E-state index contributed by atoms with van der Waals surface area (Å²) in [4.78, 5) is 4.77. The first-order chi connectivity index (χ1) is 8.85. The Morgan fingerprint density at radius 1 is 1.17 bits per heavy atom. The predicted octanol–water partition coefficient (Wildman–Crippen LogP) is 4.04. The molecule has 1 aliphatic rings. The Morgan fingerprint density at radius 2 is 1.89 bits per heavy atom. The van der Waals surface area contributed by atoms with Crippen LogP contribution in [0.4, 0.5) is 5.13 Å². The van der Waals surface area contributed by atoms with E-state index in [1.54, 1.807) is 11.3 Å². The van der Waals surface area contributed by atoms with Crippen molar-refractivity contribution >= 4 is 16.5 Å². The molecule has 0 amide bonds. The lowest BCUT2D eigenvalue weighted by molar-refractivity contribution is 0.522. The van der Waals surface area contributed by atoms with Gasteiger partial charge in [-0.05, 0) is 18.4 Å². The van der Waals surface area contributed by atoms with Crippen LogP contribution in [0.25, 0.3) is 0 Å². The molecule has 18 heavy (non-hydrogen) atoms. The Morgan fingerprint density at radius 3 is 2.50 bits per heavy atom. The quantitative estimate of drug-likeness (QED) is 0.898. The molecular weight excluding hydrogens is 240 g/mol. The Kier molecular flexibility index (Phi) is 3.08. The second-order valence-electron chi connectivity index (χ2n) is 4.94. The molecule has 1 saturated carbocycles. The van der Waals surface area contributed by atoms with Crippen molar-refractivity contribution in [1.29, 1.82) is 0 Å². The van der Waals surface area contributed by atoms with Gasteiger partial charge in [-0.25, -0.2) is 4.98 Å². The summed E-state index contributed by atoms with van der Waals surface area (Å²) in [5, 5.41) is 6.39. The van der Waals surface area contributed by atoms with Gasteiger partial charge in [0, 0.05) is 17.8 Å². The molecule has 2 nitrogen and oxygen atoms in total. The monoisotopic (exact) mass is 258 g/mol. The van der Waals surface area contributed by atoms with E-state index >= 15 is 0 Å². The molecular formula is C15H18N2S. The number of nitrogens with one attached hydrogen (secondary N) is 1. The van der Waals surface area contributed by atoms with Gasteiger partial charge in [-0.2, -0.15) is 0 Å². The summed E-state index contributed by atoms with van der Waals surface area (Å²) in [7, 11) is 1.94. The molecule has 1 fully saturated rings. The van der Waals surface area contributed by atoms with Crippen LogP contribution in [-0.4, -0.2) is 12.0 Å². The van der Waals surface area contributed by atoms with Crippen LogP contribution in [0.3, 0.4) is 0 Å². The van der Waals surface area contributed by atoms with Crippen molar-refractivity contribution in [2.24, 2.45) is 0 Å². The molecule has 1 aromatic carbocycles. The number of rotatable bonds is 3. The van der Waals surface area contributed by atoms with Crippen molar-refractivity contribution in [3.05, 3.63) is 47.0 Å². The number of nitrogens with zero attached hydrogens (tertiary/aromatic N) is 1. The van der Waals surface area contributed by atoms with Crippen molar-refractivity contribution in [3.63, 3.8) is 0 Å². The fourth-order valence-electron chi connectivity index (χ4n) is 3.04. The summed E-state index contributed by atoms with van der Waals surface area (Å²) in [6.45, 7) is 0. The Bertz CT molecular complexity index is 512. The molecule has 1 N–H and O–H groups in total. The van der Waals surface area contributed by atoms with Crippen LogP contribution in [0.1, 0.15) is 36.9 Å². The summed E-state index contributed by atoms with van der Waals surface area (Å²) >= 11 is 1.71. The van der Waals surface area contributed by atoms with Crippen molar-refractivity contribution in [2.75, 3.05) is 12.4 Å². The van der Waals surface area contributed by atoms with E-state index in [9.17, 15) is 0 Å². The number of aromatic nitrogens is 1. The Balaban J connectivity index is 2.06. The van der Waals surface area contributed by atoms with Gasteiger partial charge in [0.15, 0.2) is 5.13 Å². The number of thiazole rings is 1. The third kappa shape index (κ3) is 1.83. The minimum atomic E-state index is 0.160. The first-order valence-electron chi connectivity index (χ1n) is 6.54. The Labute approximate surface area is 112 Å². The van der Waals surface area contributed by atoms with E-state index in [1.807, 2.05) is 7.05 Å². The van der Waals surface area contributed by atoms with Crippen LogP contribution in [0.2, 0.25) is 0 Å². The average Bonchev–Trinajstić information content (AvgIpc) is 3.09. The molecule has 3 heteroatoms. The summed E-state index contributed by atoms with van der Waals surface area (Å²) in [5.74, 6) is 0. The molecule has 0 atom stereocenters. The maximum atomic E-state index is 4.77. The van der Waals surface area contributed by atoms with E-state index in [4.69, 9.17) is 4.98 Å². The second kappa shape index (κ2) is 4.73. The van der Waals surface area contributed by atoms with Crippen LogP contribution >= 0.6 is 11.3 Å². The smallest absolute Gasteiger partial charge is 0.182 e. The normalized spacial score (nSPS) is 17.8. The van der Waals surface area contributed by atoms with Gasteiger partial charge in [0.05, 0.1) is 5.69 Å². The van der Waals surface area contributed by atoms with Crippen molar-refractivity contribution in [3.8, 4) is 0 Å². The number of hydrogen-bond donors (Lipinski definition) is 1. The maximum Gasteiger partial charge on any atom is 0.182 e. The molecule has 0 aliphatic heterocycles. The summed E-state index contributed by atoms with van der Waals surface area (Å²) in [6.07, 6.45) is 5.07. The highest BCUT2D eigenvalue weighted by atomic mass is 32.1. The fourth-order valence-corrected chi connectivity index (χ4v) is 3.81. The summed E-state index contributed by atoms with van der Waals surface area (Å²) in [6, 6.07) is 10.9. The SMILES string of the molecule is CNc1nc(C2(c3ccccc3)CCCC2)cs1. The zero-order valence-electron chi connectivity index (χ0n) is 10.6. The first-order valence-corrected chi connectivity index (χ1v) is 7.42. The highest BCUT2D eigenvalue weighted by Gasteiger charge is 2.39. The van der Waals surface area contributed by atoms with Crippen LogP contribution in [0, 0.1) is 0 Å². The lowest BCUT2D eigenvalue weighted by Gasteiger charge is -2.27. The summed E-state index contributed by atoms with van der Waals surface area (Å²) < 4.78 is 0. The van der Waals surface area contributed by atoms with Gasteiger partial charge in [-0.1, -0.05) is 43.2 Å². The predicted molar refractivity (Wildman–Crippen MR) is 77.4 cm³/mol. The number of hydrogen-bond acceptors (Lipinski definition) is 3. The standard InChI is InChI=1S/C15H18N2S/c1-16-14-17-13(11-18-14)15(9-5-6-10-15)12-7-3-2-4-8-12/h2-4,7-8,11H,5-6,9-10H2,1H3,(H,16,17). The lowest BCUT2D eigenvalue weighted by Crippen LogP contribution is -2.24. The molecule has 0 saturated heterocycles. The lowest BCUT2D eigenvalue weighted by atomic mass is 9.76. The molecule has 0 radical (unpaired) electrons. The van der Waals surface area contributed by atoms with Gasteiger partial charge < -0.3 is 5.32 Å². The highest BCUT2D eigenvalue weighted by Crippen LogP contribution is 2.46. The van der Waals surface area contributed by atoms with Crippen molar-refractivity contribution in [1.82, 2.24) is 4.98 Å². The van der Waals surface area contributed by atoms with Crippen molar-refractivity contribution in [2.45, 2.75) is 31.1 Å². The molecule has 0 spiro atoms. The first kappa shape index (κ1) is 11.7. The third-order valence-corrected chi connectivity index (χ3v) is 4.85. The molecule has 94 valence electrons. The van der Waals surface area contributed by atoms with Gasteiger partial charge in [-0.15, -0.1) is 11.3 Å². The minimum Gasteiger partial charge on any atom is -0.365 e. The van der Waals surface area contributed by atoms with Gasteiger partial charge in [0.2, 0.25) is 0 Å². The van der Waals surface area contributed by atoms with E-state index in [2.05, 4.69) is 41.0 Å². The Hall–Kier alpha value is -1.35. The van der Waals surface area contributed by atoms with E-state index in [0.717, 1.165) is 5.13 Å². The van der Waals surface area contributed by atoms with Crippen molar-refractivity contribution < 1.29 is 0 Å². The maximum absolute atomic E-state index is 4.77. The highest BCUT2D eigenvalue weighted by molar-refractivity contribution is 7.13. The van der Waals surface area contributed by atoms with Gasteiger partial charge in [0.1, 0.15) is 0 Å². The zero-order chi connectivity index (χ0) is 12.4. The molecule has 1 aromatic heterocycles. The van der Waals surface area contributed by atoms with Gasteiger partial charge in [-0.3, -0.25) is 0 Å². The van der Waals surface area contributed by atoms with E-state index < -0.39 is 0 Å². The second-order valence-corrected chi connectivity index (χ2v) is 5.80. The van der Waals surface area contributed by atoms with Crippen LogP contribution in [-0.2, 0) is 5.41 Å². The van der Waals surface area contributed by atoms with Crippen LogP contribution in [0.5, 0.6) is 0 Å². The third-order valence-electron chi connectivity index (χ3n) is 3.99. The average molecular weight is 258 g/mol. The molecule has 2 aromatic rings. The summed E-state index contributed by atoms with van der Waals surface area (Å²) in [5.41, 5.74) is 2.84. The van der Waals surface area contributed by atoms with E-state index in [0.29, 0.717) is 0 Å². The molecule has 0 unspecified atom stereocenters. The van der Waals surface area contributed by atoms with Gasteiger partial charge in [0.25, 0.3) is 0 Å².